The summed E-state index contributed by atoms with van der Waals surface area (Å²) < 4.78 is 1.95. The van der Waals surface area contributed by atoms with E-state index in [1.165, 1.54) is 0 Å². The summed E-state index contributed by atoms with van der Waals surface area (Å²) in [4.78, 5) is 14.6. The number of benzene rings is 1. The van der Waals surface area contributed by atoms with Gasteiger partial charge in [-0.05, 0) is 24.5 Å². The molecule has 0 aliphatic carbocycles. The van der Waals surface area contributed by atoms with Crippen molar-refractivity contribution in [3.8, 4) is 0 Å². The minimum absolute atomic E-state index is 0.0962. The van der Waals surface area contributed by atoms with Gasteiger partial charge < -0.3 is 9.47 Å². The van der Waals surface area contributed by atoms with E-state index in [1.807, 2.05) is 49.7 Å². The Hall–Kier alpha value is -1.88. The number of carbonyl (C=O) groups excluding carboxylic acids is 1. The molecule has 0 aliphatic heterocycles. The SMILES string of the molecule is CCc1ccccc1N(Cc1nnc(CC)n1C)C(=O)C(Cl)CC. The van der Waals surface area contributed by atoms with E-state index < -0.39 is 5.38 Å². The molecule has 1 aromatic heterocycles. The summed E-state index contributed by atoms with van der Waals surface area (Å²) in [6.07, 6.45) is 2.23. The fourth-order valence-electron chi connectivity index (χ4n) is 2.68. The summed E-state index contributed by atoms with van der Waals surface area (Å²) in [5.41, 5.74) is 2.01. The van der Waals surface area contributed by atoms with Crippen LogP contribution < -0.4 is 4.90 Å². The molecular weight excluding hydrogens is 324 g/mol. The lowest BCUT2D eigenvalue weighted by Gasteiger charge is -2.26. The van der Waals surface area contributed by atoms with Crippen LogP contribution in [0.5, 0.6) is 0 Å². The lowest BCUT2D eigenvalue weighted by molar-refractivity contribution is -0.118. The Labute approximate surface area is 148 Å². The predicted molar refractivity (Wildman–Crippen MR) is 97.3 cm³/mol. The second-order valence-electron chi connectivity index (χ2n) is 5.73. The molecule has 0 radical (unpaired) electrons. The lowest BCUT2D eigenvalue weighted by Crippen LogP contribution is -2.37. The van der Waals surface area contributed by atoms with Crippen LogP contribution in [0.3, 0.4) is 0 Å². The topological polar surface area (TPSA) is 51.0 Å². The number of hydrogen-bond donors (Lipinski definition) is 0. The summed E-state index contributed by atoms with van der Waals surface area (Å²) in [5, 5.41) is 7.89. The van der Waals surface area contributed by atoms with E-state index in [0.717, 1.165) is 35.7 Å². The van der Waals surface area contributed by atoms with Crippen molar-refractivity contribution in [1.29, 1.82) is 0 Å². The van der Waals surface area contributed by atoms with Gasteiger partial charge in [0.1, 0.15) is 11.2 Å². The molecule has 5 nitrogen and oxygen atoms in total. The number of para-hydroxylation sites is 1. The van der Waals surface area contributed by atoms with Crippen molar-refractivity contribution in [2.24, 2.45) is 7.05 Å². The number of aromatic nitrogens is 3. The van der Waals surface area contributed by atoms with Gasteiger partial charge in [0, 0.05) is 19.2 Å². The van der Waals surface area contributed by atoms with Crippen LogP contribution >= 0.6 is 11.6 Å². The number of halogens is 1. The van der Waals surface area contributed by atoms with Crippen LogP contribution in [0.1, 0.15) is 44.4 Å². The standard InChI is InChI=1S/C18H25ClN4O/c1-5-13-10-8-9-11-15(13)23(18(24)14(19)6-2)12-17-21-20-16(7-3)22(17)4/h8-11,14H,5-7,12H2,1-4H3. The normalized spacial score (nSPS) is 12.2. The maximum atomic E-state index is 12.9. The zero-order chi connectivity index (χ0) is 17.7. The van der Waals surface area contributed by atoms with E-state index in [4.69, 9.17) is 11.6 Å². The number of carbonyl (C=O) groups is 1. The Morgan fingerprint density at radius 3 is 2.42 bits per heavy atom. The molecule has 1 amide bonds. The zero-order valence-corrected chi connectivity index (χ0v) is 15.5. The van der Waals surface area contributed by atoms with Crippen molar-refractivity contribution in [2.45, 2.75) is 52.0 Å². The first kappa shape index (κ1) is 18.5. The number of hydrogen-bond acceptors (Lipinski definition) is 3. The molecule has 130 valence electrons. The minimum Gasteiger partial charge on any atom is -0.317 e. The van der Waals surface area contributed by atoms with Crippen LogP contribution in [0.4, 0.5) is 5.69 Å². The monoisotopic (exact) mass is 348 g/mol. The van der Waals surface area contributed by atoms with Crippen LogP contribution in [-0.2, 0) is 31.2 Å². The first-order valence-corrected chi connectivity index (χ1v) is 8.87. The Bertz CT molecular complexity index is 698. The highest BCUT2D eigenvalue weighted by Gasteiger charge is 2.25. The van der Waals surface area contributed by atoms with Gasteiger partial charge in [0.2, 0.25) is 5.91 Å². The Balaban J connectivity index is 2.43. The minimum atomic E-state index is -0.547. The van der Waals surface area contributed by atoms with Gasteiger partial charge in [0.05, 0.1) is 6.54 Å². The van der Waals surface area contributed by atoms with Gasteiger partial charge in [0.25, 0.3) is 0 Å². The zero-order valence-electron chi connectivity index (χ0n) is 14.8. The first-order chi connectivity index (χ1) is 11.5. The van der Waals surface area contributed by atoms with E-state index >= 15 is 0 Å². The smallest absolute Gasteiger partial charge is 0.245 e. The van der Waals surface area contributed by atoms with Crippen LogP contribution in [-0.4, -0.2) is 26.0 Å². The summed E-state index contributed by atoms with van der Waals surface area (Å²) in [6.45, 7) is 6.39. The molecule has 6 heteroatoms. The van der Waals surface area contributed by atoms with Crippen molar-refractivity contribution >= 4 is 23.2 Å². The maximum Gasteiger partial charge on any atom is 0.245 e. The number of anilines is 1. The van der Waals surface area contributed by atoms with Crippen molar-refractivity contribution in [3.05, 3.63) is 41.5 Å². The lowest BCUT2D eigenvalue weighted by atomic mass is 10.1. The molecule has 0 spiro atoms. The number of aryl methyl sites for hydroxylation is 2. The van der Waals surface area contributed by atoms with E-state index in [9.17, 15) is 4.79 Å². The Morgan fingerprint density at radius 2 is 1.83 bits per heavy atom. The van der Waals surface area contributed by atoms with Gasteiger partial charge in [-0.1, -0.05) is 39.0 Å². The van der Waals surface area contributed by atoms with Gasteiger partial charge in [-0.15, -0.1) is 21.8 Å². The third-order valence-electron chi connectivity index (χ3n) is 4.23. The average molecular weight is 349 g/mol. The predicted octanol–water partition coefficient (Wildman–Crippen LogP) is 3.49. The number of rotatable bonds is 7. The summed E-state index contributed by atoms with van der Waals surface area (Å²) >= 11 is 6.26. The van der Waals surface area contributed by atoms with Gasteiger partial charge in [-0.3, -0.25) is 4.79 Å². The molecule has 0 N–H and O–H groups in total. The quantitative estimate of drug-likeness (QED) is 0.720. The number of amides is 1. The molecule has 1 unspecified atom stereocenters. The molecule has 0 aliphatic rings. The highest BCUT2D eigenvalue weighted by atomic mass is 35.5. The average Bonchev–Trinajstić information content (AvgIpc) is 2.98. The molecule has 0 fully saturated rings. The fraction of sp³-hybridized carbons (Fsp3) is 0.500. The third-order valence-corrected chi connectivity index (χ3v) is 4.72. The van der Waals surface area contributed by atoms with Crippen LogP contribution in [0, 0.1) is 0 Å². The van der Waals surface area contributed by atoms with Crippen LogP contribution in [0.2, 0.25) is 0 Å². The van der Waals surface area contributed by atoms with Crippen LogP contribution in [0.25, 0.3) is 0 Å². The highest BCUT2D eigenvalue weighted by Crippen LogP contribution is 2.25. The Kier molecular flexibility index (Phi) is 6.37. The highest BCUT2D eigenvalue weighted by molar-refractivity contribution is 6.32. The molecule has 0 bridgehead atoms. The summed E-state index contributed by atoms with van der Waals surface area (Å²) in [6, 6.07) is 7.94. The molecule has 1 atom stereocenters. The molecule has 0 saturated heterocycles. The number of nitrogens with zero attached hydrogens (tertiary/aromatic N) is 4. The molecule has 1 aromatic carbocycles. The maximum absolute atomic E-state index is 12.9. The van der Waals surface area contributed by atoms with E-state index in [2.05, 4.69) is 17.1 Å². The van der Waals surface area contributed by atoms with Crippen molar-refractivity contribution in [3.63, 3.8) is 0 Å². The van der Waals surface area contributed by atoms with Gasteiger partial charge >= 0.3 is 0 Å². The third kappa shape index (κ3) is 3.78. The van der Waals surface area contributed by atoms with Crippen molar-refractivity contribution < 1.29 is 4.79 Å². The molecular formula is C18H25ClN4O. The number of alkyl halides is 1. The Morgan fingerprint density at radius 1 is 1.17 bits per heavy atom. The van der Waals surface area contributed by atoms with Crippen molar-refractivity contribution in [2.75, 3.05) is 4.90 Å². The van der Waals surface area contributed by atoms with Crippen molar-refractivity contribution in [1.82, 2.24) is 14.8 Å². The van der Waals surface area contributed by atoms with Gasteiger partial charge in [0.15, 0.2) is 5.82 Å². The molecule has 0 saturated carbocycles. The largest absolute Gasteiger partial charge is 0.317 e. The second-order valence-corrected chi connectivity index (χ2v) is 6.25. The first-order valence-electron chi connectivity index (χ1n) is 8.43. The van der Waals surface area contributed by atoms with E-state index in [0.29, 0.717) is 13.0 Å². The van der Waals surface area contributed by atoms with Gasteiger partial charge in [-0.2, -0.15) is 0 Å². The molecule has 24 heavy (non-hydrogen) atoms. The summed E-state index contributed by atoms with van der Waals surface area (Å²) in [7, 11) is 1.93. The van der Waals surface area contributed by atoms with Gasteiger partial charge in [-0.25, -0.2) is 0 Å². The molecule has 1 heterocycles. The molecule has 2 aromatic rings. The van der Waals surface area contributed by atoms with E-state index in [-0.39, 0.29) is 5.91 Å². The second kappa shape index (κ2) is 8.29. The van der Waals surface area contributed by atoms with Crippen LogP contribution in [0.15, 0.2) is 24.3 Å². The van der Waals surface area contributed by atoms with E-state index in [1.54, 1.807) is 4.90 Å². The summed E-state index contributed by atoms with van der Waals surface area (Å²) in [5.74, 6) is 1.56. The fourth-order valence-corrected chi connectivity index (χ4v) is 2.80. The molecule has 2 rings (SSSR count).